The molecule has 12 heteroatoms. The number of carbonyl (C=O) groups is 1. The highest BCUT2D eigenvalue weighted by Crippen LogP contribution is 2.35. The maximum atomic E-state index is 14.4. The van der Waals surface area contributed by atoms with Gasteiger partial charge < -0.3 is 9.67 Å². The number of carboxylic acid groups (broad SMARTS) is 1. The molecule has 0 bridgehead atoms. The molecule has 0 atom stereocenters. The molecule has 0 spiro atoms. The van der Waals surface area contributed by atoms with Crippen molar-refractivity contribution < 1.29 is 40.6 Å². The van der Waals surface area contributed by atoms with E-state index in [9.17, 15) is 40.3 Å². The highest BCUT2D eigenvalue weighted by Gasteiger charge is 2.32. The molecule has 2 aromatic carbocycles. The second kappa shape index (κ2) is 6.76. The van der Waals surface area contributed by atoms with Crippen molar-refractivity contribution in [1.82, 2.24) is 4.57 Å². The van der Waals surface area contributed by atoms with E-state index >= 15 is 0 Å². The summed E-state index contributed by atoms with van der Waals surface area (Å²) in [5.41, 5.74) is -5.85. The topological polar surface area (TPSA) is 59.3 Å². The van der Waals surface area contributed by atoms with Crippen LogP contribution in [-0.4, -0.2) is 15.6 Å². The summed E-state index contributed by atoms with van der Waals surface area (Å²) in [5.74, 6) is -10.8. The lowest BCUT2D eigenvalue weighted by atomic mass is 10.1. The third-order valence-corrected chi connectivity index (χ3v) is 4.28. The normalized spacial score (nSPS) is 11.9. The predicted molar refractivity (Wildman–Crippen MR) is 86.3 cm³/mol. The Labute approximate surface area is 160 Å². The van der Waals surface area contributed by atoms with Crippen molar-refractivity contribution in [2.75, 3.05) is 0 Å². The van der Waals surface area contributed by atoms with E-state index in [1.165, 1.54) is 0 Å². The van der Waals surface area contributed by atoms with E-state index in [-0.39, 0.29) is 0 Å². The number of aromatic carboxylic acids is 1. The maximum Gasteiger partial charge on any atom is 0.416 e. The van der Waals surface area contributed by atoms with Crippen molar-refractivity contribution in [1.29, 1.82) is 0 Å². The van der Waals surface area contributed by atoms with Gasteiger partial charge in [0.2, 0.25) is 5.43 Å². The van der Waals surface area contributed by atoms with Gasteiger partial charge in [0.05, 0.1) is 27.2 Å². The van der Waals surface area contributed by atoms with E-state index in [2.05, 4.69) is 0 Å². The number of nitrogens with zero attached hydrogens (tertiary/aromatic N) is 1. The monoisotopic (exact) mass is 439 g/mol. The SMILES string of the molecule is O=C(O)c1cn(-c2ccc(C(F)(F)F)cc2Cl)c2c(F)c(F)c(F)c(F)c2c1=O. The van der Waals surface area contributed by atoms with Gasteiger partial charge in [0, 0.05) is 6.20 Å². The fourth-order valence-electron chi connectivity index (χ4n) is 2.66. The van der Waals surface area contributed by atoms with Gasteiger partial charge in [0.1, 0.15) is 5.56 Å². The Balaban J connectivity index is 2.53. The molecule has 0 unspecified atom stereocenters. The molecule has 29 heavy (non-hydrogen) atoms. The van der Waals surface area contributed by atoms with Crippen molar-refractivity contribution in [3.63, 3.8) is 0 Å². The number of rotatable bonds is 2. The number of aromatic nitrogens is 1. The summed E-state index contributed by atoms with van der Waals surface area (Å²) >= 11 is 5.77. The van der Waals surface area contributed by atoms with Crippen molar-refractivity contribution in [2.24, 2.45) is 0 Å². The van der Waals surface area contributed by atoms with Crippen molar-refractivity contribution in [2.45, 2.75) is 6.18 Å². The van der Waals surface area contributed by atoms with Crippen molar-refractivity contribution in [3.05, 3.63) is 74.0 Å². The molecule has 4 nitrogen and oxygen atoms in total. The summed E-state index contributed by atoms with van der Waals surface area (Å²) in [6.45, 7) is 0. The van der Waals surface area contributed by atoms with Gasteiger partial charge in [-0.3, -0.25) is 4.79 Å². The van der Waals surface area contributed by atoms with Gasteiger partial charge in [-0.15, -0.1) is 0 Å². The van der Waals surface area contributed by atoms with Gasteiger partial charge in [0.15, 0.2) is 23.3 Å². The average molecular weight is 440 g/mol. The molecule has 3 aromatic rings. The largest absolute Gasteiger partial charge is 0.477 e. The summed E-state index contributed by atoms with van der Waals surface area (Å²) in [6, 6.07) is 1.55. The first-order valence-corrected chi connectivity index (χ1v) is 7.75. The van der Waals surface area contributed by atoms with Crippen molar-refractivity contribution >= 4 is 28.5 Å². The molecule has 0 aliphatic rings. The van der Waals surface area contributed by atoms with E-state index in [1.54, 1.807) is 0 Å². The number of halogens is 8. The summed E-state index contributed by atoms with van der Waals surface area (Å²) in [7, 11) is 0. The van der Waals surface area contributed by atoms with E-state index in [0.29, 0.717) is 29.0 Å². The molecule has 0 radical (unpaired) electrons. The molecule has 0 amide bonds. The summed E-state index contributed by atoms with van der Waals surface area (Å²) < 4.78 is 94.7. The smallest absolute Gasteiger partial charge is 0.416 e. The standard InChI is InChI=1S/C17H5ClF7NO3/c18-7-3-5(17(23,24)25)1-2-8(7)26-4-6(16(28)29)15(27)9-10(19)11(20)12(21)13(22)14(9)26/h1-4H,(H,28,29). The molecule has 0 saturated heterocycles. The molecule has 3 rings (SSSR count). The number of carboxylic acids is 1. The Bertz CT molecular complexity index is 1250. The van der Waals surface area contributed by atoms with Crippen LogP contribution in [0.25, 0.3) is 16.6 Å². The van der Waals surface area contributed by atoms with Gasteiger partial charge in [-0.05, 0) is 18.2 Å². The van der Waals surface area contributed by atoms with Crippen LogP contribution in [0, 0.1) is 23.3 Å². The van der Waals surface area contributed by atoms with Crippen LogP contribution >= 0.6 is 11.6 Å². The van der Waals surface area contributed by atoms with Gasteiger partial charge >= 0.3 is 12.1 Å². The third-order valence-electron chi connectivity index (χ3n) is 3.98. The minimum atomic E-state index is -4.81. The lowest BCUT2D eigenvalue weighted by Crippen LogP contribution is -2.21. The quantitative estimate of drug-likeness (QED) is 0.350. The lowest BCUT2D eigenvalue weighted by molar-refractivity contribution is -0.137. The average Bonchev–Trinajstić information content (AvgIpc) is 2.63. The minimum Gasteiger partial charge on any atom is -0.477 e. The van der Waals surface area contributed by atoms with Crippen LogP contribution in [-0.2, 0) is 6.18 Å². The van der Waals surface area contributed by atoms with E-state index in [4.69, 9.17) is 16.7 Å². The molecular formula is C17H5ClF7NO3. The number of fused-ring (bicyclic) bond motifs is 1. The first kappa shape index (κ1) is 20.6. The number of hydrogen-bond acceptors (Lipinski definition) is 2. The molecule has 0 saturated carbocycles. The highest BCUT2D eigenvalue weighted by atomic mass is 35.5. The van der Waals surface area contributed by atoms with Gasteiger partial charge in [-0.2, -0.15) is 13.2 Å². The van der Waals surface area contributed by atoms with Crippen LogP contribution in [0.1, 0.15) is 15.9 Å². The minimum absolute atomic E-state index is 0.365. The second-order valence-electron chi connectivity index (χ2n) is 5.69. The second-order valence-corrected chi connectivity index (χ2v) is 6.10. The number of hydrogen-bond donors (Lipinski definition) is 1. The Morgan fingerprint density at radius 3 is 2.10 bits per heavy atom. The molecule has 0 aliphatic heterocycles. The van der Waals surface area contributed by atoms with E-state index in [0.717, 1.165) is 0 Å². The molecule has 0 aliphatic carbocycles. The zero-order valence-electron chi connectivity index (χ0n) is 13.5. The molecule has 0 fully saturated rings. The van der Waals surface area contributed by atoms with Crippen LogP contribution in [0.3, 0.4) is 0 Å². The zero-order valence-corrected chi connectivity index (χ0v) is 14.3. The Morgan fingerprint density at radius 1 is 1.00 bits per heavy atom. The van der Waals surface area contributed by atoms with E-state index in [1.807, 2.05) is 0 Å². The Hall–Kier alpha value is -3.08. The Morgan fingerprint density at radius 2 is 1.59 bits per heavy atom. The molecule has 1 heterocycles. The molecule has 1 aromatic heterocycles. The number of benzene rings is 2. The zero-order chi connectivity index (χ0) is 21.8. The molecule has 1 N–H and O–H groups in total. The van der Waals surface area contributed by atoms with Crippen molar-refractivity contribution in [3.8, 4) is 5.69 Å². The number of pyridine rings is 1. The molecular weight excluding hydrogens is 435 g/mol. The van der Waals surface area contributed by atoms with Crippen LogP contribution in [0.4, 0.5) is 30.7 Å². The highest BCUT2D eigenvalue weighted by molar-refractivity contribution is 6.32. The van der Waals surface area contributed by atoms with Gasteiger partial charge in [-0.1, -0.05) is 11.6 Å². The van der Waals surface area contributed by atoms with Crippen LogP contribution in [0.5, 0.6) is 0 Å². The fraction of sp³-hybridized carbons (Fsp3) is 0.0588. The maximum absolute atomic E-state index is 14.4. The first-order chi connectivity index (χ1) is 13.4. The lowest BCUT2D eigenvalue weighted by Gasteiger charge is -2.17. The van der Waals surface area contributed by atoms with Crippen LogP contribution in [0.2, 0.25) is 5.02 Å². The number of alkyl halides is 3. The first-order valence-electron chi connectivity index (χ1n) is 7.38. The van der Waals surface area contributed by atoms with Gasteiger partial charge in [0.25, 0.3) is 0 Å². The third kappa shape index (κ3) is 3.20. The summed E-state index contributed by atoms with van der Waals surface area (Å²) in [5, 5.41) is 6.96. The summed E-state index contributed by atoms with van der Waals surface area (Å²) in [4.78, 5) is 23.5. The van der Waals surface area contributed by atoms with E-state index < -0.39 is 73.6 Å². The van der Waals surface area contributed by atoms with Gasteiger partial charge in [-0.25, -0.2) is 22.4 Å². The molecule has 152 valence electrons. The van der Waals surface area contributed by atoms with Crippen LogP contribution in [0.15, 0.2) is 29.2 Å². The Kier molecular flexibility index (Phi) is 4.81. The fourth-order valence-corrected chi connectivity index (χ4v) is 2.93. The predicted octanol–water partition coefficient (Wildman–Crippen LogP) is 4.92. The summed E-state index contributed by atoms with van der Waals surface area (Å²) in [6.07, 6.45) is -4.39. The van der Waals surface area contributed by atoms with Crippen LogP contribution < -0.4 is 5.43 Å².